The smallest absolute Gasteiger partial charge is 0.0483 e. The molecule has 0 fully saturated rings. The normalized spacial score (nSPS) is 13.3. The largest absolute Gasteiger partial charge is 0.346 e. The van der Waals surface area contributed by atoms with Crippen LogP contribution in [0.5, 0.6) is 0 Å². The fourth-order valence-corrected chi connectivity index (χ4v) is 2.73. The zero-order valence-corrected chi connectivity index (χ0v) is 11.7. The van der Waals surface area contributed by atoms with Gasteiger partial charge in [-0.1, -0.05) is 15.9 Å². The zero-order chi connectivity index (χ0) is 11.9. The van der Waals surface area contributed by atoms with Gasteiger partial charge in [0.25, 0.3) is 0 Å². The number of hydrogen-bond acceptors (Lipinski definition) is 1. The van der Waals surface area contributed by atoms with Gasteiger partial charge in [0.05, 0.1) is 0 Å². The average molecular weight is 281 g/mol. The molecule has 1 unspecified atom stereocenters. The van der Waals surface area contributed by atoms with Gasteiger partial charge in [0.2, 0.25) is 0 Å². The molecular weight excluding hydrogens is 264 g/mol. The first-order valence-corrected chi connectivity index (χ1v) is 6.27. The Hall–Kier alpha value is -0.800. The molecule has 2 rings (SSSR count). The number of halogens is 1. The van der Waals surface area contributed by atoms with Crippen molar-refractivity contribution in [2.75, 3.05) is 7.05 Å². The van der Waals surface area contributed by atoms with Crippen LogP contribution in [-0.2, 0) is 7.05 Å². The fourth-order valence-electron chi connectivity index (χ4n) is 2.37. The Morgan fingerprint density at radius 1 is 1.38 bits per heavy atom. The second-order valence-corrected chi connectivity index (χ2v) is 5.16. The predicted molar refractivity (Wildman–Crippen MR) is 72.8 cm³/mol. The molecule has 3 heteroatoms. The third kappa shape index (κ3) is 1.68. The van der Waals surface area contributed by atoms with Crippen LogP contribution in [0.1, 0.15) is 24.2 Å². The number of rotatable bonds is 2. The number of aryl methyl sites for hydroxylation is 2. The van der Waals surface area contributed by atoms with E-state index in [9.17, 15) is 0 Å². The molecular formula is C13H17BrN2. The lowest BCUT2D eigenvalue weighted by Crippen LogP contribution is -2.16. The van der Waals surface area contributed by atoms with Crippen molar-refractivity contribution in [1.29, 1.82) is 0 Å². The first-order valence-electron chi connectivity index (χ1n) is 5.48. The topological polar surface area (TPSA) is 17.0 Å². The number of nitrogens with zero attached hydrogens (tertiary/aromatic N) is 1. The second-order valence-electron chi connectivity index (χ2n) is 4.24. The first-order chi connectivity index (χ1) is 7.56. The Morgan fingerprint density at radius 2 is 2.06 bits per heavy atom. The molecule has 0 saturated heterocycles. The molecule has 0 aliphatic rings. The number of benzene rings is 1. The van der Waals surface area contributed by atoms with E-state index in [0.29, 0.717) is 6.04 Å². The van der Waals surface area contributed by atoms with Gasteiger partial charge in [0.1, 0.15) is 0 Å². The first kappa shape index (κ1) is 11.7. The van der Waals surface area contributed by atoms with Crippen molar-refractivity contribution in [3.05, 3.63) is 33.9 Å². The van der Waals surface area contributed by atoms with Crippen molar-refractivity contribution in [2.24, 2.45) is 7.05 Å². The molecule has 0 saturated carbocycles. The van der Waals surface area contributed by atoms with Crippen molar-refractivity contribution < 1.29 is 0 Å². The van der Waals surface area contributed by atoms with E-state index in [0.717, 1.165) is 4.47 Å². The van der Waals surface area contributed by atoms with E-state index in [1.165, 1.54) is 22.2 Å². The molecule has 1 aromatic carbocycles. The Balaban J connectivity index is 2.76. The van der Waals surface area contributed by atoms with E-state index in [-0.39, 0.29) is 0 Å². The molecule has 1 N–H and O–H groups in total. The maximum atomic E-state index is 3.53. The van der Waals surface area contributed by atoms with Crippen molar-refractivity contribution in [1.82, 2.24) is 9.88 Å². The summed E-state index contributed by atoms with van der Waals surface area (Å²) in [6.07, 6.45) is 0. The Labute approximate surface area is 105 Å². The van der Waals surface area contributed by atoms with Crippen LogP contribution >= 0.6 is 15.9 Å². The van der Waals surface area contributed by atoms with E-state index >= 15 is 0 Å². The monoisotopic (exact) mass is 280 g/mol. The van der Waals surface area contributed by atoms with Crippen LogP contribution in [-0.4, -0.2) is 11.6 Å². The van der Waals surface area contributed by atoms with Crippen LogP contribution in [0.3, 0.4) is 0 Å². The Morgan fingerprint density at radius 3 is 2.69 bits per heavy atom. The lowest BCUT2D eigenvalue weighted by Gasteiger charge is -2.13. The van der Waals surface area contributed by atoms with Gasteiger partial charge in [-0.3, -0.25) is 0 Å². The third-order valence-electron chi connectivity index (χ3n) is 3.31. The highest BCUT2D eigenvalue weighted by Gasteiger charge is 2.15. The summed E-state index contributed by atoms with van der Waals surface area (Å²) < 4.78 is 3.41. The van der Waals surface area contributed by atoms with Gasteiger partial charge in [-0.15, -0.1) is 0 Å². The molecule has 2 nitrogen and oxygen atoms in total. The van der Waals surface area contributed by atoms with Gasteiger partial charge in [-0.2, -0.15) is 0 Å². The molecule has 1 atom stereocenters. The molecule has 0 aliphatic heterocycles. The van der Waals surface area contributed by atoms with Crippen molar-refractivity contribution >= 4 is 26.8 Å². The summed E-state index contributed by atoms with van der Waals surface area (Å²) in [5, 5.41) is 4.63. The third-order valence-corrected chi connectivity index (χ3v) is 3.81. The van der Waals surface area contributed by atoms with E-state index in [1.54, 1.807) is 0 Å². The highest BCUT2D eigenvalue weighted by molar-refractivity contribution is 9.10. The number of fused-ring (bicyclic) bond motifs is 1. The van der Waals surface area contributed by atoms with Crippen LogP contribution in [0.2, 0.25) is 0 Å². The lowest BCUT2D eigenvalue weighted by atomic mass is 10.1. The fraction of sp³-hybridized carbons (Fsp3) is 0.385. The highest BCUT2D eigenvalue weighted by atomic mass is 79.9. The second kappa shape index (κ2) is 4.22. The molecule has 16 heavy (non-hydrogen) atoms. The van der Waals surface area contributed by atoms with E-state index < -0.39 is 0 Å². The Kier molecular flexibility index (Phi) is 3.08. The van der Waals surface area contributed by atoms with Gasteiger partial charge >= 0.3 is 0 Å². The summed E-state index contributed by atoms with van der Waals surface area (Å²) in [5.74, 6) is 0. The standard InChI is InChI=1S/C13H17BrN2/c1-8-11-7-10(14)5-6-12(11)16(4)13(8)9(2)15-3/h5-7,9,15H,1-4H3. The summed E-state index contributed by atoms with van der Waals surface area (Å²) >= 11 is 3.53. The van der Waals surface area contributed by atoms with Gasteiger partial charge in [-0.05, 0) is 44.7 Å². The van der Waals surface area contributed by atoms with Crippen LogP contribution in [0, 0.1) is 6.92 Å². The summed E-state index contributed by atoms with van der Waals surface area (Å²) in [7, 11) is 4.13. The number of nitrogens with one attached hydrogen (secondary N) is 1. The molecule has 0 spiro atoms. The minimum absolute atomic E-state index is 0.371. The molecule has 0 amide bonds. The molecule has 1 aromatic heterocycles. The summed E-state index contributed by atoms with van der Waals surface area (Å²) in [4.78, 5) is 0. The van der Waals surface area contributed by atoms with Crippen LogP contribution in [0.25, 0.3) is 10.9 Å². The lowest BCUT2D eigenvalue weighted by molar-refractivity contribution is 0.606. The van der Waals surface area contributed by atoms with E-state index in [4.69, 9.17) is 0 Å². The SMILES string of the molecule is CNC(C)c1c(C)c2cc(Br)ccc2n1C. The molecule has 0 radical (unpaired) electrons. The molecule has 0 aliphatic carbocycles. The maximum absolute atomic E-state index is 3.53. The van der Waals surface area contributed by atoms with Crippen molar-refractivity contribution in [3.8, 4) is 0 Å². The van der Waals surface area contributed by atoms with E-state index in [2.05, 4.69) is 64.9 Å². The minimum Gasteiger partial charge on any atom is -0.346 e. The number of aromatic nitrogens is 1. The number of hydrogen-bond donors (Lipinski definition) is 1. The average Bonchev–Trinajstić information content (AvgIpc) is 2.51. The van der Waals surface area contributed by atoms with Crippen LogP contribution in [0.15, 0.2) is 22.7 Å². The van der Waals surface area contributed by atoms with Gasteiger partial charge < -0.3 is 9.88 Å². The highest BCUT2D eigenvalue weighted by Crippen LogP contribution is 2.30. The maximum Gasteiger partial charge on any atom is 0.0483 e. The molecule has 0 bridgehead atoms. The predicted octanol–water partition coefficient (Wildman–Crippen LogP) is 3.53. The van der Waals surface area contributed by atoms with Crippen molar-refractivity contribution in [2.45, 2.75) is 19.9 Å². The molecule has 86 valence electrons. The van der Waals surface area contributed by atoms with Crippen LogP contribution in [0.4, 0.5) is 0 Å². The van der Waals surface area contributed by atoms with Crippen molar-refractivity contribution in [3.63, 3.8) is 0 Å². The minimum atomic E-state index is 0.371. The van der Waals surface area contributed by atoms with Crippen LogP contribution < -0.4 is 5.32 Å². The van der Waals surface area contributed by atoms with Gasteiger partial charge in [0.15, 0.2) is 0 Å². The Bertz CT molecular complexity index is 528. The summed E-state index contributed by atoms with van der Waals surface area (Å²) in [5.41, 5.74) is 4.01. The summed E-state index contributed by atoms with van der Waals surface area (Å²) in [6, 6.07) is 6.82. The van der Waals surface area contributed by atoms with Gasteiger partial charge in [-0.25, -0.2) is 0 Å². The van der Waals surface area contributed by atoms with E-state index in [1.807, 2.05) is 7.05 Å². The quantitative estimate of drug-likeness (QED) is 0.891. The molecule has 2 aromatic rings. The molecule has 1 heterocycles. The zero-order valence-electron chi connectivity index (χ0n) is 10.1. The van der Waals surface area contributed by atoms with Gasteiger partial charge in [0, 0.05) is 34.2 Å². The summed E-state index contributed by atoms with van der Waals surface area (Å²) in [6.45, 7) is 4.38.